The van der Waals surface area contributed by atoms with E-state index in [9.17, 15) is 22.4 Å². The predicted molar refractivity (Wildman–Crippen MR) is 81.3 cm³/mol. The van der Waals surface area contributed by atoms with Crippen molar-refractivity contribution in [2.24, 2.45) is 0 Å². The van der Waals surface area contributed by atoms with Crippen LogP contribution in [0, 0.1) is 0 Å². The first-order valence-electron chi connectivity index (χ1n) is 7.17. The fourth-order valence-electron chi connectivity index (χ4n) is 1.66. The monoisotopic (exact) mass is 349 g/mol. The second-order valence-corrected chi connectivity index (χ2v) is 5.52. The molecule has 0 saturated heterocycles. The number of nitrogens with one attached hydrogen (secondary N) is 1. The van der Waals surface area contributed by atoms with Crippen molar-refractivity contribution < 1.29 is 31.8 Å². The molecule has 0 unspecified atom stereocenters. The molecule has 0 heterocycles. The molecule has 8 heteroatoms. The minimum Gasteiger partial charge on any atom is -0.435 e. The number of rotatable bonds is 8. The van der Waals surface area contributed by atoms with Crippen molar-refractivity contribution in [1.82, 2.24) is 5.32 Å². The van der Waals surface area contributed by atoms with Crippen LogP contribution in [0.4, 0.5) is 17.6 Å². The molecule has 0 saturated carbocycles. The molecule has 0 aromatic heterocycles. The van der Waals surface area contributed by atoms with Crippen molar-refractivity contribution in [2.75, 3.05) is 0 Å². The van der Waals surface area contributed by atoms with Gasteiger partial charge in [0, 0.05) is 23.2 Å². The molecule has 0 aliphatic rings. The highest BCUT2D eigenvalue weighted by molar-refractivity contribution is 5.92. The van der Waals surface area contributed by atoms with Gasteiger partial charge in [0.05, 0.1) is 0 Å². The topological polar surface area (TPSA) is 47.6 Å². The molecule has 0 radical (unpaired) electrons. The van der Waals surface area contributed by atoms with Crippen LogP contribution in [-0.4, -0.2) is 24.7 Å². The van der Waals surface area contributed by atoms with Crippen molar-refractivity contribution in [3.63, 3.8) is 0 Å². The number of ether oxygens (including phenoxy) is 2. The number of carbonyl (C=O) groups excluding carboxylic acids is 1. The molecule has 0 atom stereocenters. The molecule has 1 amide bonds. The summed E-state index contributed by atoms with van der Waals surface area (Å²) in [5.41, 5.74) is -0.292. The Labute approximate surface area is 137 Å². The van der Waals surface area contributed by atoms with E-state index in [0.29, 0.717) is 6.42 Å². The zero-order valence-corrected chi connectivity index (χ0v) is 13.5. The van der Waals surface area contributed by atoms with Crippen LogP contribution in [0.1, 0.15) is 32.8 Å². The van der Waals surface area contributed by atoms with Gasteiger partial charge in [-0.25, -0.2) is 0 Å². The zero-order chi connectivity index (χ0) is 18.3. The summed E-state index contributed by atoms with van der Waals surface area (Å²) in [6.45, 7) is -0.666. The summed E-state index contributed by atoms with van der Waals surface area (Å²) in [7, 11) is 0. The van der Waals surface area contributed by atoms with Gasteiger partial charge in [-0.3, -0.25) is 4.79 Å². The van der Waals surface area contributed by atoms with Gasteiger partial charge in [0.15, 0.2) is 0 Å². The van der Waals surface area contributed by atoms with Crippen LogP contribution in [-0.2, 0) is 4.79 Å². The lowest BCUT2D eigenvalue weighted by Crippen LogP contribution is -2.41. The molecule has 1 rings (SSSR count). The predicted octanol–water partition coefficient (Wildman–Crippen LogP) is 4.21. The smallest absolute Gasteiger partial charge is 0.387 e. The average molecular weight is 349 g/mol. The summed E-state index contributed by atoms with van der Waals surface area (Å²) in [5, 5.41) is 2.74. The number of hydrogen-bond donors (Lipinski definition) is 1. The lowest BCUT2D eigenvalue weighted by atomic mass is 10.0. The van der Waals surface area contributed by atoms with Gasteiger partial charge in [0.2, 0.25) is 5.91 Å². The average Bonchev–Trinajstić information content (AvgIpc) is 2.44. The van der Waals surface area contributed by atoms with E-state index in [0.717, 1.165) is 18.2 Å². The Morgan fingerprint density at radius 2 is 1.83 bits per heavy atom. The molecular formula is C16H19F4NO3. The number of amides is 1. The maximum absolute atomic E-state index is 12.4. The van der Waals surface area contributed by atoms with Gasteiger partial charge < -0.3 is 14.8 Å². The van der Waals surface area contributed by atoms with E-state index >= 15 is 0 Å². The second kappa shape index (κ2) is 8.56. The summed E-state index contributed by atoms with van der Waals surface area (Å²) in [5.74, 6) is -1.12. The molecule has 0 aliphatic carbocycles. The van der Waals surface area contributed by atoms with Gasteiger partial charge >= 0.3 is 13.2 Å². The largest absolute Gasteiger partial charge is 0.435 e. The molecule has 0 fully saturated rings. The van der Waals surface area contributed by atoms with Crippen LogP contribution in [0.2, 0.25) is 0 Å². The normalized spacial score (nSPS) is 12.0. The van der Waals surface area contributed by atoms with E-state index in [2.05, 4.69) is 14.8 Å². The van der Waals surface area contributed by atoms with Gasteiger partial charge in [0.25, 0.3) is 0 Å². The molecule has 0 bridgehead atoms. The van der Waals surface area contributed by atoms with E-state index in [1.807, 2.05) is 20.8 Å². The molecule has 1 aromatic carbocycles. The molecule has 0 spiro atoms. The van der Waals surface area contributed by atoms with Gasteiger partial charge in [-0.15, -0.1) is 0 Å². The Bertz CT molecular complexity index is 589. The van der Waals surface area contributed by atoms with Gasteiger partial charge in [-0.2, -0.15) is 17.6 Å². The number of alkyl halides is 4. The lowest BCUT2D eigenvalue weighted by Gasteiger charge is -2.23. The van der Waals surface area contributed by atoms with Crippen molar-refractivity contribution in [3.05, 3.63) is 29.8 Å². The number of hydrogen-bond acceptors (Lipinski definition) is 3. The van der Waals surface area contributed by atoms with Crippen LogP contribution in [0.15, 0.2) is 24.3 Å². The van der Waals surface area contributed by atoms with E-state index < -0.39 is 24.7 Å². The SMILES string of the molecule is CCC(C)(C)NC(=O)C=Cc1ccc(OC(F)F)cc1OC(F)F. The summed E-state index contributed by atoms with van der Waals surface area (Å²) in [6, 6.07) is 3.31. The molecule has 134 valence electrons. The van der Waals surface area contributed by atoms with Crippen LogP contribution in [0.25, 0.3) is 6.08 Å². The Morgan fingerprint density at radius 1 is 1.21 bits per heavy atom. The Hall–Kier alpha value is -2.25. The highest BCUT2D eigenvalue weighted by atomic mass is 19.3. The molecule has 0 aliphatic heterocycles. The molecular weight excluding hydrogens is 330 g/mol. The van der Waals surface area contributed by atoms with E-state index in [1.54, 1.807) is 0 Å². The summed E-state index contributed by atoms with van der Waals surface area (Å²) < 4.78 is 57.7. The number of carbonyl (C=O) groups is 1. The third kappa shape index (κ3) is 6.89. The third-order valence-electron chi connectivity index (χ3n) is 3.19. The fraction of sp³-hybridized carbons (Fsp3) is 0.438. The summed E-state index contributed by atoms with van der Waals surface area (Å²) >= 11 is 0. The van der Waals surface area contributed by atoms with E-state index in [1.165, 1.54) is 12.1 Å². The first-order valence-corrected chi connectivity index (χ1v) is 7.17. The molecule has 1 aromatic rings. The van der Waals surface area contributed by atoms with Crippen molar-refractivity contribution in [3.8, 4) is 11.5 Å². The van der Waals surface area contributed by atoms with Gasteiger partial charge in [-0.1, -0.05) is 6.92 Å². The molecule has 4 nitrogen and oxygen atoms in total. The second-order valence-electron chi connectivity index (χ2n) is 5.52. The Balaban J connectivity index is 2.96. The van der Waals surface area contributed by atoms with Crippen molar-refractivity contribution in [2.45, 2.75) is 46.0 Å². The first kappa shape index (κ1) is 19.8. The van der Waals surface area contributed by atoms with Crippen molar-refractivity contribution >= 4 is 12.0 Å². The van der Waals surface area contributed by atoms with E-state index in [4.69, 9.17) is 0 Å². The number of benzene rings is 1. The zero-order valence-electron chi connectivity index (χ0n) is 13.5. The van der Waals surface area contributed by atoms with Gasteiger partial charge in [-0.05, 0) is 38.5 Å². The van der Waals surface area contributed by atoms with Crippen LogP contribution < -0.4 is 14.8 Å². The Morgan fingerprint density at radius 3 is 2.38 bits per heavy atom. The maximum atomic E-state index is 12.4. The van der Waals surface area contributed by atoms with Crippen LogP contribution in [0.5, 0.6) is 11.5 Å². The molecule has 24 heavy (non-hydrogen) atoms. The van der Waals surface area contributed by atoms with Crippen molar-refractivity contribution in [1.29, 1.82) is 0 Å². The van der Waals surface area contributed by atoms with Gasteiger partial charge in [0.1, 0.15) is 11.5 Å². The highest BCUT2D eigenvalue weighted by Gasteiger charge is 2.16. The summed E-state index contributed by atoms with van der Waals surface area (Å²) in [6.07, 6.45) is 3.11. The van der Waals surface area contributed by atoms with Crippen LogP contribution >= 0.6 is 0 Å². The summed E-state index contributed by atoms with van der Waals surface area (Å²) in [4.78, 5) is 11.8. The standard InChI is InChI=1S/C16H19F4NO3/c1-4-16(2,3)21-13(22)8-6-10-5-7-11(23-14(17)18)9-12(10)24-15(19)20/h5-9,14-15H,4H2,1-3H3,(H,21,22). The minimum atomic E-state index is -3.15. The first-order chi connectivity index (χ1) is 11.1. The number of halogens is 4. The third-order valence-corrected chi connectivity index (χ3v) is 3.19. The molecule has 1 N–H and O–H groups in total. The quantitative estimate of drug-likeness (QED) is 0.565. The minimum absolute atomic E-state index is 0.126. The lowest BCUT2D eigenvalue weighted by molar-refractivity contribution is -0.118. The van der Waals surface area contributed by atoms with Crippen LogP contribution in [0.3, 0.4) is 0 Å². The van der Waals surface area contributed by atoms with E-state index in [-0.39, 0.29) is 17.1 Å². The highest BCUT2D eigenvalue weighted by Crippen LogP contribution is 2.28. The maximum Gasteiger partial charge on any atom is 0.387 e. The fourth-order valence-corrected chi connectivity index (χ4v) is 1.66. The Kier molecular flexibility index (Phi) is 7.06.